The molecule has 8 heteroatoms. The van der Waals surface area contributed by atoms with Crippen LogP contribution < -0.4 is 10.1 Å². The van der Waals surface area contributed by atoms with Gasteiger partial charge in [0.2, 0.25) is 0 Å². The second-order valence-corrected chi connectivity index (χ2v) is 4.92. The van der Waals surface area contributed by atoms with E-state index in [2.05, 4.69) is 21.9 Å². The lowest BCUT2D eigenvalue weighted by Gasteiger charge is -2.33. The highest BCUT2D eigenvalue weighted by Gasteiger charge is 2.31. The highest BCUT2D eigenvalue weighted by atomic mass is 19.4. The minimum Gasteiger partial charge on any atom is -0.406 e. The van der Waals surface area contributed by atoms with Gasteiger partial charge in [-0.2, -0.15) is 0 Å². The van der Waals surface area contributed by atoms with Crippen molar-refractivity contribution in [3.8, 4) is 5.75 Å². The summed E-state index contributed by atoms with van der Waals surface area (Å²) in [7, 11) is 0. The van der Waals surface area contributed by atoms with Gasteiger partial charge in [-0.15, -0.1) is 13.2 Å². The van der Waals surface area contributed by atoms with Crippen LogP contribution in [-0.4, -0.2) is 54.9 Å². The summed E-state index contributed by atoms with van der Waals surface area (Å²) >= 11 is 0. The highest BCUT2D eigenvalue weighted by Crippen LogP contribution is 2.24. The molecular formula is C14H18F3N3O2. The van der Waals surface area contributed by atoms with Crippen LogP contribution in [0.3, 0.4) is 0 Å². The molecule has 1 aliphatic heterocycles. The lowest BCUT2D eigenvalue weighted by molar-refractivity contribution is -0.274. The first-order chi connectivity index (χ1) is 10.4. The van der Waals surface area contributed by atoms with Gasteiger partial charge in [-0.05, 0) is 30.8 Å². The number of hydrogen-bond acceptors (Lipinski definition) is 3. The first kappa shape index (κ1) is 16.4. The molecule has 0 atom stereocenters. The van der Waals surface area contributed by atoms with Gasteiger partial charge in [0.1, 0.15) is 5.75 Å². The van der Waals surface area contributed by atoms with E-state index in [0.29, 0.717) is 18.8 Å². The maximum absolute atomic E-state index is 12.1. The third-order valence-electron chi connectivity index (χ3n) is 3.45. The Hall–Kier alpha value is -1.96. The minimum atomic E-state index is -4.72. The average molecular weight is 317 g/mol. The van der Waals surface area contributed by atoms with Crippen molar-refractivity contribution >= 4 is 11.7 Å². The number of nitrogens with one attached hydrogen (secondary N) is 1. The van der Waals surface area contributed by atoms with Crippen molar-refractivity contribution in [2.24, 2.45) is 0 Å². The quantitative estimate of drug-likeness (QED) is 0.932. The van der Waals surface area contributed by atoms with Crippen molar-refractivity contribution in [1.29, 1.82) is 0 Å². The van der Waals surface area contributed by atoms with Crippen molar-refractivity contribution in [2.45, 2.75) is 13.3 Å². The van der Waals surface area contributed by atoms with E-state index in [9.17, 15) is 18.0 Å². The van der Waals surface area contributed by atoms with Gasteiger partial charge >= 0.3 is 12.4 Å². The molecule has 1 N–H and O–H groups in total. The van der Waals surface area contributed by atoms with Crippen molar-refractivity contribution in [3.63, 3.8) is 0 Å². The molecule has 2 amide bonds. The number of piperazine rings is 1. The molecule has 0 spiro atoms. The largest absolute Gasteiger partial charge is 0.573 e. The molecule has 22 heavy (non-hydrogen) atoms. The molecule has 122 valence electrons. The first-order valence-corrected chi connectivity index (χ1v) is 7.01. The summed E-state index contributed by atoms with van der Waals surface area (Å²) in [6, 6.07) is 4.83. The Balaban J connectivity index is 1.87. The number of alkyl halides is 3. The maximum atomic E-state index is 12.1. The van der Waals surface area contributed by atoms with Gasteiger partial charge in [0.25, 0.3) is 0 Å². The van der Waals surface area contributed by atoms with Crippen molar-refractivity contribution in [2.75, 3.05) is 38.0 Å². The third kappa shape index (κ3) is 4.80. The molecular weight excluding hydrogens is 299 g/mol. The maximum Gasteiger partial charge on any atom is 0.573 e. The fourth-order valence-electron chi connectivity index (χ4n) is 2.21. The van der Waals surface area contributed by atoms with Crippen LogP contribution in [0.5, 0.6) is 5.75 Å². The molecule has 5 nitrogen and oxygen atoms in total. The number of anilines is 1. The van der Waals surface area contributed by atoms with Crippen molar-refractivity contribution < 1.29 is 22.7 Å². The molecule has 0 aliphatic carbocycles. The number of nitrogens with zero attached hydrogens (tertiary/aromatic N) is 2. The fourth-order valence-corrected chi connectivity index (χ4v) is 2.21. The van der Waals surface area contributed by atoms with Gasteiger partial charge in [-0.25, -0.2) is 4.79 Å². The summed E-state index contributed by atoms with van der Waals surface area (Å²) in [4.78, 5) is 16.0. The van der Waals surface area contributed by atoms with Crippen LogP contribution in [0.4, 0.5) is 23.7 Å². The zero-order chi connectivity index (χ0) is 16.2. The summed E-state index contributed by atoms with van der Waals surface area (Å²) in [5, 5.41) is 2.67. The third-order valence-corrected chi connectivity index (χ3v) is 3.45. The van der Waals surface area contributed by atoms with E-state index >= 15 is 0 Å². The number of benzene rings is 1. The van der Waals surface area contributed by atoms with Gasteiger partial charge in [0.15, 0.2) is 0 Å². The lowest BCUT2D eigenvalue weighted by Crippen LogP contribution is -2.49. The van der Waals surface area contributed by atoms with Crippen LogP contribution in [0.15, 0.2) is 24.3 Å². The van der Waals surface area contributed by atoms with E-state index in [-0.39, 0.29) is 11.8 Å². The van der Waals surface area contributed by atoms with Crippen molar-refractivity contribution in [1.82, 2.24) is 9.80 Å². The number of hydrogen-bond donors (Lipinski definition) is 1. The molecule has 0 aromatic heterocycles. The number of halogens is 3. The summed E-state index contributed by atoms with van der Waals surface area (Å²) in [6.07, 6.45) is -4.72. The Morgan fingerprint density at radius 2 is 1.77 bits per heavy atom. The van der Waals surface area contributed by atoms with Crippen LogP contribution in [0.25, 0.3) is 0 Å². The van der Waals surface area contributed by atoms with Gasteiger partial charge < -0.3 is 19.9 Å². The Morgan fingerprint density at radius 1 is 1.18 bits per heavy atom. The van der Waals surface area contributed by atoms with E-state index < -0.39 is 6.36 Å². The smallest absolute Gasteiger partial charge is 0.406 e. The lowest BCUT2D eigenvalue weighted by atomic mass is 10.3. The van der Waals surface area contributed by atoms with E-state index in [1.807, 2.05) is 0 Å². The van der Waals surface area contributed by atoms with Crippen LogP contribution >= 0.6 is 0 Å². The summed E-state index contributed by atoms with van der Waals surface area (Å²) in [6.45, 7) is 5.94. The zero-order valence-electron chi connectivity index (χ0n) is 12.2. The predicted octanol–water partition coefficient (Wildman–Crippen LogP) is 2.75. The van der Waals surface area contributed by atoms with Gasteiger partial charge in [0, 0.05) is 31.9 Å². The molecule has 1 aromatic carbocycles. The molecule has 0 unspecified atom stereocenters. The Morgan fingerprint density at radius 3 is 2.27 bits per heavy atom. The highest BCUT2D eigenvalue weighted by molar-refractivity contribution is 5.89. The van der Waals surface area contributed by atoms with Crippen LogP contribution in [-0.2, 0) is 0 Å². The topological polar surface area (TPSA) is 44.8 Å². The van der Waals surface area contributed by atoms with E-state index in [4.69, 9.17) is 0 Å². The molecule has 1 heterocycles. The number of urea groups is 1. The van der Waals surface area contributed by atoms with Gasteiger partial charge in [-0.3, -0.25) is 0 Å². The van der Waals surface area contributed by atoms with Crippen LogP contribution in [0, 0.1) is 0 Å². The molecule has 2 rings (SSSR count). The Kier molecular flexibility index (Phi) is 5.12. The normalized spacial score (nSPS) is 16.5. The van der Waals surface area contributed by atoms with Crippen LogP contribution in [0.1, 0.15) is 6.92 Å². The first-order valence-electron chi connectivity index (χ1n) is 7.01. The molecule has 0 saturated carbocycles. The SMILES string of the molecule is CCN1CCN(C(=O)Nc2ccc(OC(F)(F)F)cc2)CC1. The summed E-state index contributed by atoms with van der Waals surface area (Å²) in [5.41, 5.74) is 0.428. The number of rotatable bonds is 3. The van der Waals surface area contributed by atoms with E-state index in [1.165, 1.54) is 12.1 Å². The van der Waals surface area contributed by atoms with E-state index in [1.54, 1.807) is 4.90 Å². The molecule has 1 saturated heterocycles. The van der Waals surface area contributed by atoms with Crippen molar-refractivity contribution in [3.05, 3.63) is 24.3 Å². The molecule has 0 radical (unpaired) electrons. The number of carbonyl (C=O) groups excluding carboxylic acids is 1. The number of carbonyl (C=O) groups is 1. The molecule has 1 aromatic rings. The Labute approximate surface area is 126 Å². The van der Waals surface area contributed by atoms with Gasteiger partial charge in [-0.1, -0.05) is 6.92 Å². The van der Waals surface area contributed by atoms with E-state index in [0.717, 1.165) is 31.8 Å². The summed E-state index contributed by atoms with van der Waals surface area (Å²) in [5.74, 6) is -0.318. The Bertz CT molecular complexity index is 497. The van der Waals surface area contributed by atoms with Crippen LogP contribution in [0.2, 0.25) is 0 Å². The summed E-state index contributed by atoms with van der Waals surface area (Å²) < 4.78 is 39.9. The van der Waals surface area contributed by atoms with Gasteiger partial charge in [0.05, 0.1) is 0 Å². The average Bonchev–Trinajstić information content (AvgIpc) is 2.48. The number of amides is 2. The molecule has 1 fully saturated rings. The monoisotopic (exact) mass is 317 g/mol. The second kappa shape index (κ2) is 6.87. The number of likely N-dealkylation sites (N-methyl/N-ethyl adjacent to an activating group) is 1. The minimum absolute atomic E-state index is 0.250. The standard InChI is InChI=1S/C14H18F3N3O2/c1-2-19-7-9-20(10-8-19)13(21)18-11-3-5-12(6-4-11)22-14(15,16)17/h3-6H,2,7-10H2,1H3,(H,18,21). The predicted molar refractivity (Wildman–Crippen MR) is 75.8 cm³/mol. The fraction of sp³-hybridized carbons (Fsp3) is 0.500. The number of ether oxygens (including phenoxy) is 1. The molecule has 0 bridgehead atoms. The zero-order valence-corrected chi connectivity index (χ0v) is 12.2. The molecule has 1 aliphatic rings. The second-order valence-electron chi connectivity index (χ2n) is 4.92.